The van der Waals surface area contributed by atoms with E-state index in [-0.39, 0.29) is 19.1 Å². The standard InChI is InChI=1S/C10H19F3N2O/c1-2-8-7-15(5-6-16-8)9(3-4-14)10(11,12)13/h8-9H,2-7,14H2,1H3. The summed E-state index contributed by atoms with van der Waals surface area (Å²) in [5.41, 5.74) is 5.24. The van der Waals surface area contributed by atoms with Crippen molar-refractivity contribution >= 4 is 0 Å². The Morgan fingerprint density at radius 2 is 2.19 bits per heavy atom. The number of alkyl halides is 3. The van der Waals surface area contributed by atoms with Crippen LogP contribution in [0.1, 0.15) is 19.8 Å². The fourth-order valence-corrected chi connectivity index (χ4v) is 1.98. The van der Waals surface area contributed by atoms with Crippen molar-refractivity contribution < 1.29 is 17.9 Å². The molecule has 2 N–H and O–H groups in total. The van der Waals surface area contributed by atoms with Crippen molar-refractivity contribution in [2.45, 2.75) is 38.1 Å². The molecule has 1 saturated heterocycles. The molecule has 6 heteroatoms. The Bertz CT molecular complexity index is 211. The highest BCUT2D eigenvalue weighted by molar-refractivity contribution is 4.83. The van der Waals surface area contributed by atoms with Crippen LogP contribution in [0.5, 0.6) is 0 Å². The molecule has 0 amide bonds. The summed E-state index contributed by atoms with van der Waals surface area (Å²) >= 11 is 0. The lowest BCUT2D eigenvalue weighted by Crippen LogP contribution is -2.53. The first-order chi connectivity index (χ1) is 7.49. The van der Waals surface area contributed by atoms with Crippen molar-refractivity contribution in [3.05, 3.63) is 0 Å². The van der Waals surface area contributed by atoms with Gasteiger partial charge in [-0.3, -0.25) is 4.90 Å². The summed E-state index contributed by atoms with van der Waals surface area (Å²) in [6, 6.07) is -1.42. The zero-order valence-electron chi connectivity index (χ0n) is 9.46. The summed E-state index contributed by atoms with van der Waals surface area (Å²) < 4.78 is 43.7. The second-order valence-corrected chi connectivity index (χ2v) is 4.03. The van der Waals surface area contributed by atoms with E-state index in [1.807, 2.05) is 6.92 Å². The quantitative estimate of drug-likeness (QED) is 0.806. The zero-order valence-corrected chi connectivity index (χ0v) is 9.46. The zero-order chi connectivity index (χ0) is 12.2. The van der Waals surface area contributed by atoms with Crippen molar-refractivity contribution in [1.29, 1.82) is 0 Å². The summed E-state index contributed by atoms with van der Waals surface area (Å²) in [4.78, 5) is 1.45. The van der Waals surface area contributed by atoms with E-state index in [9.17, 15) is 13.2 Å². The maximum atomic E-state index is 12.8. The maximum absolute atomic E-state index is 12.8. The topological polar surface area (TPSA) is 38.5 Å². The lowest BCUT2D eigenvalue weighted by molar-refractivity contribution is -0.198. The van der Waals surface area contributed by atoms with Crippen LogP contribution in [0, 0.1) is 0 Å². The van der Waals surface area contributed by atoms with Gasteiger partial charge in [0.15, 0.2) is 0 Å². The van der Waals surface area contributed by atoms with Crippen LogP contribution in [0.2, 0.25) is 0 Å². The molecule has 0 radical (unpaired) electrons. The number of halogens is 3. The summed E-state index contributed by atoms with van der Waals surface area (Å²) in [5.74, 6) is 0. The molecule has 1 rings (SSSR count). The Labute approximate surface area is 93.7 Å². The van der Waals surface area contributed by atoms with E-state index in [0.717, 1.165) is 6.42 Å². The Morgan fingerprint density at radius 3 is 2.69 bits per heavy atom. The minimum Gasteiger partial charge on any atom is -0.376 e. The fourth-order valence-electron chi connectivity index (χ4n) is 1.98. The molecule has 0 aromatic heterocycles. The van der Waals surface area contributed by atoms with Gasteiger partial charge >= 0.3 is 6.18 Å². The Balaban J connectivity index is 2.63. The molecule has 0 spiro atoms. The first-order valence-electron chi connectivity index (χ1n) is 5.61. The number of nitrogens with zero attached hydrogens (tertiary/aromatic N) is 1. The number of rotatable bonds is 4. The van der Waals surface area contributed by atoms with E-state index in [4.69, 9.17) is 10.5 Å². The molecule has 0 aromatic rings. The lowest BCUT2D eigenvalue weighted by Gasteiger charge is -2.38. The van der Waals surface area contributed by atoms with Gasteiger partial charge in [-0.05, 0) is 19.4 Å². The molecule has 1 aliphatic rings. The monoisotopic (exact) mass is 240 g/mol. The van der Waals surface area contributed by atoms with Gasteiger partial charge < -0.3 is 10.5 Å². The van der Waals surface area contributed by atoms with Crippen molar-refractivity contribution in [3.63, 3.8) is 0 Å². The molecule has 0 bridgehead atoms. The summed E-state index contributed by atoms with van der Waals surface area (Å²) in [7, 11) is 0. The SMILES string of the molecule is CCC1CN(C(CCN)C(F)(F)F)CCO1. The average Bonchev–Trinajstić information content (AvgIpc) is 2.24. The second kappa shape index (κ2) is 5.84. The number of morpholine rings is 1. The van der Waals surface area contributed by atoms with E-state index >= 15 is 0 Å². The molecule has 16 heavy (non-hydrogen) atoms. The highest BCUT2D eigenvalue weighted by Gasteiger charge is 2.43. The second-order valence-electron chi connectivity index (χ2n) is 4.03. The first-order valence-corrected chi connectivity index (χ1v) is 5.61. The molecule has 0 aromatic carbocycles. The molecule has 0 aliphatic carbocycles. The van der Waals surface area contributed by atoms with Crippen LogP contribution in [0.15, 0.2) is 0 Å². The minimum atomic E-state index is -4.20. The normalized spacial score (nSPS) is 25.7. The smallest absolute Gasteiger partial charge is 0.376 e. The molecule has 3 nitrogen and oxygen atoms in total. The van der Waals surface area contributed by atoms with Crippen LogP contribution < -0.4 is 5.73 Å². The number of nitrogens with two attached hydrogens (primary N) is 1. The minimum absolute atomic E-state index is 0.0417. The van der Waals surface area contributed by atoms with E-state index in [0.29, 0.717) is 19.7 Å². The van der Waals surface area contributed by atoms with E-state index in [2.05, 4.69) is 0 Å². The van der Waals surface area contributed by atoms with Crippen molar-refractivity contribution in [2.24, 2.45) is 5.73 Å². The maximum Gasteiger partial charge on any atom is 0.404 e. The first kappa shape index (κ1) is 13.7. The van der Waals surface area contributed by atoms with Crippen LogP contribution in [0.4, 0.5) is 13.2 Å². The molecule has 2 atom stereocenters. The average molecular weight is 240 g/mol. The lowest BCUT2D eigenvalue weighted by atomic mass is 10.1. The van der Waals surface area contributed by atoms with Gasteiger partial charge in [0.2, 0.25) is 0 Å². The van der Waals surface area contributed by atoms with Crippen LogP contribution in [0.25, 0.3) is 0 Å². The van der Waals surface area contributed by atoms with Crippen molar-refractivity contribution in [2.75, 3.05) is 26.2 Å². The summed E-state index contributed by atoms with van der Waals surface area (Å²) in [6.45, 7) is 3.02. The van der Waals surface area contributed by atoms with Gasteiger partial charge in [0, 0.05) is 13.1 Å². The third-order valence-corrected chi connectivity index (χ3v) is 2.88. The van der Waals surface area contributed by atoms with Gasteiger partial charge in [0.05, 0.1) is 12.7 Å². The number of hydrogen-bond donors (Lipinski definition) is 1. The van der Waals surface area contributed by atoms with Crippen molar-refractivity contribution in [1.82, 2.24) is 4.90 Å². The molecular formula is C10H19F3N2O. The van der Waals surface area contributed by atoms with Crippen LogP contribution >= 0.6 is 0 Å². The van der Waals surface area contributed by atoms with Gasteiger partial charge in [0.1, 0.15) is 6.04 Å². The predicted molar refractivity (Wildman–Crippen MR) is 55.1 cm³/mol. The van der Waals surface area contributed by atoms with Crippen LogP contribution in [-0.4, -0.2) is 49.5 Å². The van der Waals surface area contributed by atoms with Gasteiger partial charge in [-0.25, -0.2) is 0 Å². The van der Waals surface area contributed by atoms with E-state index in [1.54, 1.807) is 0 Å². The molecule has 1 heterocycles. The van der Waals surface area contributed by atoms with Crippen LogP contribution in [-0.2, 0) is 4.74 Å². The Morgan fingerprint density at radius 1 is 1.50 bits per heavy atom. The van der Waals surface area contributed by atoms with Gasteiger partial charge in [-0.15, -0.1) is 0 Å². The van der Waals surface area contributed by atoms with Gasteiger partial charge in [0.25, 0.3) is 0 Å². The highest BCUT2D eigenvalue weighted by atomic mass is 19.4. The number of hydrogen-bond acceptors (Lipinski definition) is 3. The van der Waals surface area contributed by atoms with Gasteiger partial charge in [-0.2, -0.15) is 13.2 Å². The molecule has 0 saturated carbocycles. The van der Waals surface area contributed by atoms with Gasteiger partial charge in [-0.1, -0.05) is 6.92 Å². The third kappa shape index (κ3) is 3.61. The largest absolute Gasteiger partial charge is 0.404 e. The van der Waals surface area contributed by atoms with E-state index in [1.165, 1.54) is 4.90 Å². The highest BCUT2D eigenvalue weighted by Crippen LogP contribution is 2.28. The molecular weight excluding hydrogens is 221 g/mol. The fraction of sp³-hybridized carbons (Fsp3) is 1.00. The molecule has 2 unspecified atom stereocenters. The Kier molecular flexibility index (Phi) is 5.01. The van der Waals surface area contributed by atoms with Crippen LogP contribution in [0.3, 0.4) is 0 Å². The molecule has 96 valence electrons. The predicted octanol–water partition coefficient (Wildman–Crippen LogP) is 1.38. The summed E-state index contributed by atoms with van der Waals surface area (Å²) in [5, 5.41) is 0. The third-order valence-electron chi connectivity index (χ3n) is 2.88. The summed E-state index contributed by atoms with van der Waals surface area (Å²) in [6.07, 6.45) is -3.59. The molecule has 1 aliphatic heterocycles. The number of ether oxygens (including phenoxy) is 1. The Hall–Kier alpha value is -0.330. The molecule has 1 fully saturated rings. The van der Waals surface area contributed by atoms with Crippen molar-refractivity contribution in [3.8, 4) is 0 Å². The van der Waals surface area contributed by atoms with E-state index < -0.39 is 12.2 Å².